The number of ether oxygens (including phenoxy) is 1. The lowest BCUT2D eigenvalue weighted by atomic mass is 9.93. The molecule has 0 fully saturated rings. The molecule has 6 heteroatoms. The topological polar surface area (TPSA) is 62.9 Å². The normalized spacial score (nSPS) is 16.7. The van der Waals surface area contributed by atoms with Crippen molar-refractivity contribution in [2.75, 3.05) is 7.11 Å². The summed E-state index contributed by atoms with van der Waals surface area (Å²) in [6.07, 6.45) is 1.57. The van der Waals surface area contributed by atoms with Crippen LogP contribution in [0.3, 0.4) is 0 Å². The third kappa shape index (κ3) is 3.31. The van der Waals surface area contributed by atoms with E-state index in [1.54, 1.807) is 24.3 Å². The van der Waals surface area contributed by atoms with E-state index >= 15 is 0 Å². The zero-order valence-electron chi connectivity index (χ0n) is 15.1. The SMILES string of the molecule is COc1ccc(C2=C(O)C(=O)N(Cc3ccco3)[C@H]2c2ccc(Br)cc2)cc1. The number of carbonyl (C=O) groups excluding carboxylic acids is 1. The van der Waals surface area contributed by atoms with Gasteiger partial charge in [0.2, 0.25) is 0 Å². The fourth-order valence-corrected chi connectivity index (χ4v) is 3.71. The monoisotopic (exact) mass is 439 g/mol. The molecule has 3 aromatic rings. The lowest BCUT2D eigenvalue weighted by Crippen LogP contribution is -2.29. The Labute approximate surface area is 171 Å². The molecule has 0 spiro atoms. The van der Waals surface area contributed by atoms with Crippen LogP contribution in [0.25, 0.3) is 5.57 Å². The fourth-order valence-electron chi connectivity index (χ4n) is 3.44. The zero-order chi connectivity index (χ0) is 19.7. The molecule has 0 aliphatic carbocycles. The molecule has 1 aliphatic heterocycles. The van der Waals surface area contributed by atoms with Crippen LogP contribution in [-0.2, 0) is 11.3 Å². The first-order valence-electron chi connectivity index (χ1n) is 8.75. The van der Waals surface area contributed by atoms with Crippen molar-refractivity contribution < 1.29 is 19.1 Å². The summed E-state index contributed by atoms with van der Waals surface area (Å²) in [6.45, 7) is 0.260. The number of hydrogen-bond donors (Lipinski definition) is 1. The molecule has 0 unspecified atom stereocenters. The number of carbonyl (C=O) groups is 1. The van der Waals surface area contributed by atoms with E-state index in [0.29, 0.717) is 17.1 Å². The highest BCUT2D eigenvalue weighted by Crippen LogP contribution is 2.44. The number of hydrogen-bond acceptors (Lipinski definition) is 4. The van der Waals surface area contributed by atoms with E-state index in [1.807, 2.05) is 54.6 Å². The summed E-state index contributed by atoms with van der Waals surface area (Å²) in [4.78, 5) is 14.6. The largest absolute Gasteiger partial charge is 0.503 e. The molecule has 1 aliphatic rings. The molecule has 5 nitrogen and oxygen atoms in total. The Balaban J connectivity index is 1.80. The molecule has 1 aromatic heterocycles. The number of furan rings is 1. The minimum atomic E-state index is -0.431. The average molecular weight is 440 g/mol. The minimum absolute atomic E-state index is 0.246. The molecule has 142 valence electrons. The smallest absolute Gasteiger partial charge is 0.290 e. The Morgan fingerprint density at radius 3 is 2.43 bits per heavy atom. The van der Waals surface area contributed by atoms with E-state index in [0.717, 1.165) is 15.6 Å². The van der Waals surface area contributed by atoms with Crippen LogP contribution in [-0.4, -0.2) is 23.0 Å². The summed E-state index contributed by atoms with van der Waals surface area (Å²) in [5, 5.41) is 10.7. The highest BCUT2D eigenvalue weighted by Gasteiger charge is 2.41. The predicted molar refractivity (Wildman–Crippen MR) is 109 cm³/mol. The van der Waals surface area contributed by atoms with Gasteiger partial charge in [-0.25, -0.2) is 0 Å². The third-order valence-corrected chi connectivity index (χ3v) is 5.33. The lowest BCUT2D eigenvalue weighted by molar-refractivity contribution is -0.130. The molecule has 2 aromatic carbocycles. The van der Waals surface area contributed by atoms with Crippen molar-refractivity contribution in [2.24, 2.45) is 0 Å². The Morgan fingerprint density at radius 2 is 1.82 bits per heavy atom. The fraction of sp³-hybridized carbons (Fsp3) is 0.136. The zero-order valence-corrected chi connectivity index (χ0v) is 16.7. The van der Waals surface area contributed by atoms with Gasteiger partial charge < -0.3 is 19.2 Å². The molecular weight excluding hydrogens is 422 g/mol. The van der Waals surface area contributed by atoms with Gasteiger partial charge in [0.1, 0.15) is 11.5 Å². The van der Waals surface area contributed by atoms with Gasteiger partial charge in [0.15, 0.2) is 5.76 Å². The second kappa shape index (κ2) is 7.56. The van der Waals surface area contributed by atoms with E-state index in [4.69, 9.17) is 9.15 Å². The maximum absolute atomic E-state index is 12.9. The Hall–Kier alpha value is -2.99. The van der Waals surface area contributed by atoms with Crippen LogP contribution < -0.4 is 4.74 Å². The maximum Gasteiger partial charge on any atom is 0.290 e. The first-order chi connectivity index (χ1) is 13.6. The Morgan fingerprint density at radius 1 is 1.11 bits per heavy atom. The van der Waals surface area contributed by atoms with Gasteiger partial charge in [-0.15, -0.1) is 0 Å². The van der Waals surface area contributed by atoms with Crippen LogP contribution in [0, 0.1) is 0 Å². The van der Waals surface area contributed by atoms with E-state index in [9.17, 15) is 9.90 Å². The molecule has 0 saturated heterocycles. The molecule has 28 heavy (non-hydrogen) atoms. The Kier molecular flexibility index (Phi) is 4.96. The standard InChI is InChI=1S/C22H18BrNO4/c1-27-17-10-6-14(7-11-17)19-20(15-4-8-16(23)9-5-15)24(22(26)21(19)25)13-18-3-2-12-28-18/h2-12,20,25H,13H2,1H3/t20-/m0/s1. The van der Waals surface area contributed by atoms with Crippen molar-refractivity contribution in [1.29, 1.82) is 0 Å². The maximum atomic E-state index is 12.9. The lowest BCUT2D eigenvalue weighted by Gasteiger charge is -2.26. The van der Waals surface area contributed by atoms with Crippen LogP contribution in [0.2, 0.25) is 0 Å². The van der Waals surface area contributed by atoms with Crippen LogP contribution in [0.15, 0.2) is 81.6 Å². The quantitative estimate of drug-likeness (QED) is 0.600. The van der Waals surface area contributed by atoms with Crippen molar-refractivity contribution >= 4 is 27.4 Å². The second-order valence-corrected chi connectivity index (χ2v) is 7.37. The van der Waals surface area contributed by atoms with Crippen molar-refractivity contribution in [3.8, 4) is 5.75 Å². The molecule has 1 amide bonds. The highest BCUT2D eigenvalue weighted by atomic mass is 79.9. The third-order valence-electron chi connectivity index (χ3n) is 4.80. The molecule has 0 bridgehead atoms. The number of aliphatic hydroxyl groups is 1. The number of methoxy groups -OCH3 is 1. The molecule has 0 radical (unpaired) electrons. The molecular formula is C22H18BrNO4. The van der Waals surface area contributed by atoms with Crippen LogP contribution in [0.4, 0.5) is 0 Å². The van der Waals surface area contributed by atoms with Crippen LogP contribution >= 0.6 is 15.9 Å². The average Bonchev–Trinajstić information content (AvgIpc) is 3.31. The number of amides is 1. The van der Waals surface area contributed by atoms with Crippen molar-refractivity contribution in [3.05, 3.63) is 94.0 Å². The Bertz CT molecular complexity index is 1010. The van der Waals surface area contributed by atoms with Gasteiger partial charge in [0.05, 0.1) is 26.0 Å². The van der Waals surface area contributed by atoms with Gasteiger partial charge in [-0.05, 0) is 47.5 Å². The minimum Gasteiger partial charge on any atom is -0.503 e. The van der Waals surface area contributed by atoms with Gasteiger partial charge in [-0.1, -0.05) is 40.2 Å². The summed E-state index contributed by atoms with van der Waals surface area (Å²) in [5.41, 5.74) is 2.24. The van der Waals surface area contributed by atoms with Crippen molar-refractivity contribution in [1.82, 2.24) is 4.90 Å². The number of rotatable bonds is 5. The second-order valence-electron chi connectivity index (χ2n) is 6.46. The predicted octanol–water partition coefficient (Wildman–Crippen LogP) is 5.10. The van der Waals surface area contributed by atoms with Crippen LogP contribution in [0.1, 0.15) is 22.9 Å². The van der Waals surface area contributed by atoms with Crippen LogP contribution in [0.5, 0.6) is 5.75 Å². The van der Waals surface area contributed by atoms with E-state index < -0.39 is 11.9 Å². The van der Waals surface area contributed by atoms with Gasteiger partial charge >= 0.3 is 0 Å². The van der Waals surface area contributed by atoms with E-state index in [2.05, 4.69) is 15.9 Å². The van der Waals surface area contributed by atoms with Gasteiger partial charge in [0, 0.05) is 10.0 Å². The van der Waals surface area contributed by atoms with E-state index in [-0.39, 0.29) is 12.3 Å². The highest BCUT2D eigenvalue weighted by molar-refractivity contribution is 9.10. The number of halogens is 1. The molecule has 2 heterocycles. The van der Waals surface area contributed by atoms with Gasteiger partial charge in [-0.3, -0.25) is 4.79 Å². The number of aliphatic hydroxyl groups excluding tert-OH is 1. The molecule has 4 rings (SSSR count). The molecule has 0 saturated carbocycles. The summed E-state index contributed by atoms with van der Waals surface area (Å²) in [6, 6.07) is 18.2. The molecule has 1 atom stereocenters. The van der Waals surface area contributed by atoms with E-state index in [1.165, 1.54) is 0 Å². The summed E-state index contributed by atoms with van der Waals surface area (Å²) >= 11 is 3.45. The number of benzene rings is 2. The summed E-state index contributed by atoms with van der Waals surface area (Å²) < 4.78 is 11.6. The molecule has 1 N–H and O–H groups in total. The summed E-state index contributed by atoms with van der Waals surface area (Å²) in [7, 11) is 1.60. The van der Waals surface area contributed by atoms with Crippen molar-refractivity contribution in [3.63, 3.8) is 0 Å². The van der Waals surface area contributed by atoms with Crippen molar-refractivity contribution in [2.45, 2.75) is 12.6 Å². The van der Waals surface area contributed by atoms with Gasteiger partial charge in [-0.2, -0.15) is 0 Å². The number of nitrogens with zero attached hydrogens (tertiary/aromatic N) is 1. The first kappa shape index (κ1) is 18.4. The summed E-state index contributed by atoms with van der Waals surface area (Å²) in [5.74, 6) is 0.694. The van der Waals surface area contributed by atoms with Gasteiger partial charge in [0.25, 0.3) is 5.91 Å². The first-order valence-corrected chi connectivity index (χ1v) is 9.54.